The first-order chi connectivity index (χ1) is 20.3. The van der Waals surface area contributed by atoms with E-state index in [-0.39, 0.29) is 0 Å². The molecule has 2 heterocycles. The van der Waals surface area contributed by atoms with Gasteiger partial charge in [0.05, 0.1) is 41.8 Å². The number of nitrogen functional groups attached to an aromatic ring is 1. The van der Waals surface area contributed by atoms with Crippen LogP contribution in [-0.4, -0.2) is 69.3 Å². The molecule has 0 radical (unpaired) electrons. The van der Waals surface area contributed by atoms with Gasteiger partial charge >= 0.3 is 0 Å². The number of nitrogens with zero attached hydrogens (tertiary/aromatic N) is 5. The van der Waals surface area contributed by atoms with Gasteiger partial charge in [0.25, 0.3) is 0 Å². The number of benzene rings is 2. The van der Waals surface area contributed by atoms with Crippen molar-refractivity contribution in [2.75, 3.05) is 75.3 Å². The first-order valence-corrected chi connectivity index (χ1v) is 15.3. The number of nitrogens with one attached hydrogen (secondary N) is 1. The summed E-state index contributed by atoms with van der Waals surface area (Å²) in [5, 5.41) is 3.44. The van der Waals surface area contributed by atoms with Crippen LogP contribution in [0.4, 0.5) is 28.7 Å². The van der Waals surface area contributed by atoms with Crippen LogP contribution in [0.25, 0.3) is 5.57 Å². The number of hydrogen-bond donors (Lipinski definition) is 2. The highest BCUT2D eigenvalue weighted by molar-refractivity contribution is 5.87. The van der Waals surface area contributed by atoms with Gasteiger partial charge in [-0.05, 0) is 81.8 Å². The molecule has 1 atom stereocenters. The van der Waals surface area contributed by atoms with E-state index in [9.17, 15) is 0 Å². The molecule has 8 heteroatoms. The second-order valence-corrected chi connectivity index (χ2v) is 12.0. The highest BCUT2D eigenvalue weighted by Crippen LogP contribution is 2.41. The van der Waals surface area contributed by atoms with E-state index in [1.165, 1.54) is 42.4 Å². The van der Waals surface area contributed by atoms with Crippen molar-refractivity contribution in [3.63, 3.8) is 0 Å². The maximum absolute atomic E-state index is 6.56. The third kappa shape index (κ3) is 6.19. The molecule has 8 nitrogen and oxygen atoms in total. The van der Waals surface area contributed by atoms with Crippen LogP contribution < -0.4 is 25.6 Å². The zero-order valence-corrected chi connectivity index (χ0v) is 26.2. The van der Waals surface area contributed by atoms with Crippen LogP contribution in [0.1, 0.15) is 67.8 Å². The van der Waals surface area contributed by atoms with E-state index < -0.39 is 0 Å². The van der Waals surface area contributed by atoms with Crippen molar-refractivity contribution in [1.82, 2.24) is 14.9 Å². The predicted molar refractivity (Wildman–Crippen MR) is 177 cm³/mol. The highest BCUT2D eigenvalue weighted by Gasteiger charge is 2.26. The first kappa shape index (κ1) is 29.7. The van der Waals surface area contributed by atoms with E-state index in [4.69, 9.17) is 20.4 Å². The largest absolute Gasteiger partial charge is 0.494 e. The minimum atomic E-state index is 0.524. The Kier molecular flexibility index (Phi) is 9.21. The Morgan fingerprint density at radius 2 is 1.93 bits per heavy atom. The lowest BCUT2D eigenvalue weighted by Gasteiger charge is -2.28. The summed E-state index contributed by atoms with van der Waals surface area (Å²) >= 11 is 0. The molecule has 1 unspecified atom stereocenters. The number of allylic oxidation sites excluding steroid dienone is 1. The van der Waals surface area contributed by atoms with Crippen molar-refractivity contribution < 1.29 is 4.74 Å². The third-order valence-corrected chi connectivity index (χ3v) is 8.71. The zero-order chi connectivity index (χ0) is 29.8. The lowest BCUT2D eigenvalue weighted by Crippen LogP contribution is -2.29. The highest BCUT2D eigenvalue weighted by atomic mass is 16.5. The summed E-state index contributed by atoms with van der Waals surface area (Å²) in [5.41, 5.74) is 16.4. The fourth-order valence-electron chi connectivity index (χ4n) is 6.41. The van der Waals surface area contributed by atoms with E-state index in [1.54, 1.807) is 7.11 Å². The summed E-state index contributed by atoms with van der Waals surface area (Å²) in [4.78, 5) is 16.7. The van der Waals surface area contributed by atoms with Crippen LogP contribution in [0.5, 0.6) is 5.75 Å². The van der Waals surface area contributed by atoms with Gasteiger partial charge in [0, 0.05) is 44.9 Å². The third-order valence-electron chi connectivity index (χ3n) is 8.71. The maximum atomic E-state index is 6.56. The summed E-state index contributed by atoms with van der Waals surface area (Å²) in [6.07, 6.45) is 10.2. The Balaban J connectivity index is 1.54. The molecular weight excluding hydrogens is 522 g/mol. The number of aryl methyl sites for hydroxylation is 1. The van der Waals surface area contributed by atoms with E-state index in [1.807, 2.05) is 18.3 Å². The van der Waals surface area contributed by atoms with Gasteiger partial charge in [-0.2, -0.15) is 0 Å². The van der Waals surface area contributed by atoms with E-state index in [0.717, 1.165) is 60.9 Å². The number of likely N-dealkylation sites (N-methyl/N-ethyl adjacent to an activating group) is 2. The maximum Gasteiger partial charge on any atom is 0.227 e. The Morgan fingerprint density at radius 1 is 1.14 bits per heavy atom. The minimum absolute atomic E-state index is 0.524. The van der Waals surface area contributed by atoms with Crippen molar-refractivity contribution in [3.05, 3.63) is 65.0 Å². The summed E-state index contributed by atoms with van der Waals surface area (Å²) in [7, 11) is 7.87. The minimum Gasteiger partial charge on any atom is -0.494 e. The molecule has 0 bridgehead atoms. The molecule has 2 aromatic carbocycles. The normalized spacial score (nSPS) is 17.0. The zero-order valence-electron chi connectivity index (χ0n) is 26.2. The van der Waals surface area contributed by atoms with Gasteiger partial charge in [-0.3, -0.25) is 0 Å². The van der Waals surface area contributed by atoms with Crippen LogP contribution in [0.3, 0.4) is 0 Å². The van der Waals surface area contributed by atoms with Gasteiger partial charge in [0.2, 0.25) is 5.95 Å². The van der Waals surface area contributed by atoms with Crippen molar-refractivity contribution in [1.29, 1.82) is 0 Å². The second-order valence-electron chi connectivity index (χ2n) is 12.0. The molecule has 42 heavy (non-hydrogen) atoms. The SMILES string of the molecule is C/C=C(\c1cccc2c1C(C)CCC2)c1nc(Nc2cc(N)c(N(C)CCN(C)C)cc2OC)ncc1N1CCCC1. The molecule has 0 spiro atoms. The molecule has 1 saturated heterocycles. The summed E-state index contributed by atoms with van der Waals surface area (Å²) in [6.45, 7) is 8.31. The van der Waals surface area contributed by atoms with E-state index in [2.05, 4.69) is 79.3 Å². The molecule has 1 fully saturated rings. The second kappa shape index (κ2) is 13.0. The molecule has 5 rings (SSSR count). The molecule has 0 saturated carbocycles. The molecule has 2 aliphatic rings. The van der Waals surface area contributed by atoms with Crippen LogP contribution >= 0.6 is 0 Å². The standard InChI is InChI=1S/C34H47N7O/c1-7-25(26-15-11-14-24-13-10-12-23(2)32(24)26)33-30(41-16-8-9-17-41)22-36-34(38-33)37-28-20-27(35)29(21-31(28)42-6)40(5)19-18-39(3)4/h7,11,14-15,20-23H,8-10,12-13,16-19,35H2,1-6H3,(H,36,37,38)/b25-7+. The number of rotatable bonds is 10. The van der Waals surface area contributed by atoms with Gasteiger partial charge in [0.1, 0.15) is 5.75 Å². The topological polar surface area (TPSA) is 82.8 Å². The molecule has 3 N–H and O–H groups in total. The molecule has 1 aliphatic carbocycles. The number of hydrogen-bond acceptors (Lipinski definition) is 8. The molecule has 3 aromatic rings. The van der Waals surface area contributed by atoms with Gasteiger partial charge in [-0.1, -0.05) is 31.2 Å². The van der Waals surface area contributed by atoms with Gasteiger partial charge < -0.3 is 30.5 Å². The number of ether oxygens (including phenoxy) is 1. The Labute approximate surface area is 251 Å². The quantitative estimate of drug-likeness (QED) is 0.275. The molecule has 1 aromatic heterocycles. The predicted octanol–water partition coefficient (Wildman–Crippen LogP) is 6.30. The summed E-state index contributed by atoms with van der Waals surface area (Å²) in [5.74, 6) is 1.75. The number of methoxy groups -OCH3 is 1. The Bertz CT molecular complexity index is 1430. The molecule has 1 aliphatic heterocycles. The van der Waals surface area contributed by atoms with Gasteiger partial charge in [-0.25, -0.2) is 9.97 Å². The lowest BCUT2D eigenvalue weighted by atomic mass is 9.79. The summed E-state index contributed by atoms with van der Waals surface area (Å²) < 4.78 is 5.81. The van der Waals surface area contributed by atoms with Crippen LogP contribution in [0, 0.1) is 0 Å². The van der Waals surface area contributed by atoms with Crippen molar-refractivity contribution in [2.45, 2.75) is 51.9 Å². The fraction of sp³-hybridized carbons (Fsp3) is 0.471. The fourth-order valence-corrected chi connectivity index (χ4v) is 6.41. The van der Waals surface area contributed by atoms with Crippen molar-refractivity contribution in [3.8, 4) is 5.75 Å². The lowest BCUT2D eigenvalue weighted by molar-refractivity contribution is 0.413. The van der Waals surface area contributed by atoms with Gasteiger partial charge in [0.15, 0.2) is 0 Å². The number of anilines is 5. The molecular formula is C34H47N7O. The van der Waals surface area contributed by atoms with E-state index in [0.29, 0.717) is 23.3 Å². The average molecular weight is 570 g/mol. The van der Waals surface area contributed by atoms with Crippen LogP contribution in [0.15, 0.2) is 42.6 Å². The van der Waals surface area contributed by atoms with Crippen molar-refractivity contribution in [2.24, 2.45) is 0 Å². The van der Waals surface area contributed by atoms with Crippen molar-refractivity contribution >= 4 is 34.3 Å². The number of nitrogens with two attached hydrogens (primary N) is 1. The number of aromatic nitrogens is 2. The Hall–Kier alpha value is -3.78. The molecule has 224 valence electrons. The monoisotopic (exact) mass is 569 g/mol. The Morgan fingerprint density at radius 3 is 2.64 bits per heavy atom. The van der Waals surface area contributed by atoms with Crippen LogP contribution in [-0.2, 0) is 6.42 Å². The van der Waals surface area contributed by atoms with Gasteiger partial charge in [-0.15, -0.1) is 0 Å². The first-order valence-electron chi connectivity index (χ1n) is 15.3. The summed E-state index contributed by atoms with van der Waals surface area (Å²) in [6, 6.07) is 10.7. The average Bonchev–Trinajstić information content (AvgIpc) is 3.52. The number of fused-ring (bicyclic) bond motifs is 1. The van der Waals surface area contributed by atoms with E-state index >= 15 is 0 Å². The smallest absolute Gasteiger partial charge is 0.227 e. The molecule has 0 amide bonds. The van der Waals surface area contributed by atoms with Crippen LogP contribution in [0.2, 0.25) is 0 Å².